The van der Waals surface area contributed by atoms with Crippen molar-refractivity contribution in [2.45, 2.75) is 25.8 Å². The summed E-state index contributed by atoms with van der Waals surface area (Å²) in [4.78, 5) is 16.9. The average molecular weight is 290 g/mol. The molecule has 1 atom stereocenters. The Morgan fingerprint density at radius 1 is 1.40 bits per heavy atom. The van der Waals surface area contributed by atoms with Gasteiger partial charge in [-0.05, 0) is 12.0 Å². The number of nitrogens with zero attached hydrogens (tertiary/aromatic N) is 1. The Hall–Kier alpha value is -1.72. The van der Waals surface area contributed by atoms with Gasteiger partial charge < -0.3 is 10.4 Å². The Kier molecular flexibility index (Phi) is 5.26. The molecule has 1 heterocycles. The minimum absolute atomic E-state index is 0.0437. The van der Waals surface area contributed by atoms with Crippen molar-refractivity contribution in [3.05, 3.63) is 52.0 Å². The first-order chi connectivity index (χ1) is 9.72. The van der Waals surface area contributed by atoms with Gasteiger partial charge in [0.25, 0.3) is 5.91 Å². The van der Waals surface area contributed by atoms with Crippen LogP contribution in [0.4, 0.5) is 0 Å². The molecule has 2 aromatic rings. The lowest BCUT2D eigenvalue weighted by atomic mass is 10.2. The molecule has 0 radical (unpaired) electrons. The molecule has 1 aromatic heterocycles. The molecule has 106 valence electrons. The van der Waals surface area contributed by atoms with Crippen molar-refractivity contribution in [3.63, 3.8) is 0 Å². The normalized spacial score (nSPS) is 12.1. The highest BCUT2D eigenvalue weighted by Crippen LogP contribution is 2.17. The van der Waals surface area contributed by atoms with Crippen molar-refractivity contribution in [1.29, 1.82) is 0 Å². The molecule has 1 unspecified atom stereocenters. The third-order valence-electron chi connectivity index (χ3n) is 3.02. The second kappa shape index (κ2) is 7.17. The van der Waals surface area contributed by atoms with Gasteiger partial charge in [0, 0.05) is 6.42 Å². The second-order valence-corrected chi connectivity index (χ2v) is 5.66. The highest BCUT2D eigenvalue weighted by Gasteiger charge is 2.14. The molecular formula is C15H18N2O2S. The van der Waals surface area contributed by atoms with Crippen LogP contribution in [-0.4, -0.2) is 28.6 Å². The maximum Gasteiger partial charge on any atom is 0.263 e. The topological polar surface area (TPSA) is 62.2 Å². The van der Waals surface area contributed by atoms with E-state index in [0.717, 1.165) is 11.4 Å². The number of carbonyl (C=O) groups excluding carboxylic acids is 1. The van der Waals surface area contributed by atoms with Gasteiger partial charge >= 0.3 is 0 Å². The highest BCUT2D eigenvalue weighted by molar-refractivity contribution is 7.13. The van der Waals surface area contributed by atoms with Gasteiger partial charge in [0.1, 0.15) is 4.88 Å². The van der Waals surface area contributed by atoms with Crippen molar-refractivity contribution < 1.29 is 9.90 Å². The summed E-state index contributed by atoms with van der Waals surface area (Å²) in [6.07, 6.45) is 3.04. The average Bonchev–Trinajstić information content (AvgIpc) is 2.94. The van der Waals surface area contributed by atoms with E-state index in [-0.39, 0.29) is 18.6 Å². The van der Waals surface area contributed by atoms with Gasteiger partial charge in [0.2, 0.25) is 0 Å². The van der Waals surface area contributed by atoms with E-state index in [2.05, 4.69) is 10.3 Å². The number of carbonyl (C=O) groups is 1. The summed E-state index contributed by atoms with van der Waals surface area (Å²) in [7, 11) is 0. The molecule has 0 aliphatic carbocycles. The van der Waals surface area contributed by atoms with E-state index in [1.165, 1.54) is 16.9 Å². The van der Waals surface area contributed by atoms with Crippen LogP contribution in [0.2, 0.25) is 0 Å². The fraction of sp³-hybridized carbons (Fsp3) is 0.333. The summed E-state index contributed by atoms with van der Waals surface area (Å²) in [5.74, 6) is -0.164. The lowest BCUT2D eigenvalue weighted by Gasteiger charge is -2.12. The van der Waals surface area contributed by atoms with Gasteiger partial charge in [-0.1, -0.05) is 37.3 Å². The molecule has 0 spiro atoms. The Morgan fingerprint density at radius 2 is 2.15 bits per heavy atom. The molecular weight excluding hydrogens is 272 g/mol. The van der Waals surface area contributed by atoms with Gasteiger partial charge in [-0.3, -0.25) is 4.79 Å². The smallest absolute Gasteiger partial charge is 0.263 e. The zero-order valence-electron chi connectivity index (χ0n) is 11.4. The van der Waals surface area contributed by atoms with Crippen molar-refractivity contribution in [2.24, 2.45) is 0 Å². The number of hydrogen-bond acceptors (Lipinski definition) is 4. The number of hydrogen-bond donors (Lipinski definition) is 2. The lowest BCUT2D eigenvalue weighted by Crippen LogP contribution is -2.36. The van der Waals surface area contributed by atoms with Crippen LogP contribution >= 0.6 is 11.3 Å². The molecule has 2 N–H and O–H groups in total. The summed E-state index contributed by atoms with van der Waals surface area (Å²) in [5, 5.41) is 12.8. The monoisotopic (exact) mass is 290 g/mol. The third-order valence-corrected chi connectivity index (χ3v) is 4.02. The molecule has 5 heteroatoms. The number of aliphatic hydroxyl groups is 1. The second-order valence-electron chi connectivity index (χ2n) is 4.54. The van der Waals surface area contributed by atoms with Crippen LogP contribution < -0.4 is 5.32 Å². The maximum absolute atomic E-state index is 12.0. The molecule has 1 amide bonds. The number of rotatable bonds is 6. The van der Waals surface area contributed by atoms with Crippen LogP contribution in [0.5, 0.6) is 0 Å². The zero-order chi connectivity index (χ0) is 14.4. The van der Waals surface area contributed by atoms with Crippen molar-refractivity contribution >= 4 is 17.2 Å². The summed E-state index contributed by atoms with van der Waals surface area (Å²) in [5.41, 5.74) is 1.18. The molecule has 0 aliphatic rings. The Morgan fingerprint density at radius 3 is 2.80 bits per heavy atom. The van der Waals surface area contributed by atoms with E-state index in [9.17, 15) is 4.79 Å². The molecule has 20 heavy (non-hydrogen) atoms. The van der Waals surface area contributed by atoms with E-state index in [4.69, 9.17) is 5.11 Å². The molecule has 2 rings (SSSR count). The van der Waals surface area contributed by atoms with Crippen molar-refractivity contribution in [2.75, 3.05) is 6.61 Å². The summed E-state index contributed by atoms with van der Waals surface area (Å²) >= 11 is 1.39. The van der Waals surface area contributed by atoms with Crippen molar-refractivity contribution in [3.8, 4) is 0 Å². The SMILES string of the molecule is CCC(CO)NC(=O)c1cnc(Cc2ccccc2)s1. The first-order valence-corrected chi connectivity index (χ1v) is 7.45. The van der Waals surface area contributed by atoms with Crippen LogP contribution in [0.1, 0.15) is 33.6 Å². The van der Waals surface area contributed by atoms with Gasteiger partial charge in [-0.25, -0.2) is 4.98 Å². The van der Waals surface area contributed by atoms with E-state index in [1.54, 1.807) is 6.20 Å². The number of aromatic nitrogens is 1. The minimum atomic E-state index is -0.192. The standard InChI is InChI=1S/C15H18N2O2S/c1-2-12(10-18)17-15(19)13-9-16-14(20-13)8-11-6-4-3-5-7-11/h3-7,9,12,18H,2,8,10H2,1H3,(H,17,19). The van der Waals surface area contributed by atoms with Gasteiger partial charge in [0.05, 0.1) is 23.9 Å². The van der Waals surface area contributed by atoms with E-state index < -0.39 is 0 Å². The summed E-state index contributed by atoms with van der Waals surface area (Å²) in [6, 6.07) is 9.85. The molecule has 0 bridgehead atoms. The van der Waals surface area contributed by atoms with Gasteiger partial charge in [0.15, 0.2) is 0 Å². The first-order valence-electron chi connectivity index (χ1n) is 6.63. The number of thiazole rings is 1. The molecule has 0 fully saturated rings. The molecule has 0 saturated heterocycles. The largest absolute Gasteiger partial charge is 0.394 e. The van der Waals surface area contributed by atoms with Crippen molar-refractivity contribution in [1.82, 2.24) is 10.3 Å². The highest BCUT2D eigenvalue weighted by atomic mass is 32.1. The predicted molar refractivity (Wildman–Crippen MR) is 80.0 cm³/mol. The predicted octanol–water partition coefficient (Wildman–Crippen LogP) is 2.23. The first kappa shape index (κ1) is 14.7. The summed E-state index contributed by atoms with van der Waals surface area (Å²) < 4.78 is 0. The Balaban J connectivity index is 2.00. The number of nitrogens with one attached hydrogen (secondary N) is 1. The van der Waals surface area contributed by atoms with E-state index >= 15 is 0 Å². The molecule has 0 saturated carbocycles. The number of aliphatic hydroxyl groups excluding tert-OH is 1. The lowest BCUT2D eigenvalue weighted by molar-refractivity contribution is 0.0919. The van der Waals surface area contributed by atoms with Crippen LogP contribution in [0.25, 0.3) is 0 Å². The Labute approximate surface area is 122 Å². The fourth-order valence-electron chi connectivity index (χ4n) is 1.80. The van der Waals surface area contributed by atoms with Gasteiger partial charge in [-0.15, -0.1) is 11.3 Å². The van der Waals surface area contributed by atoms with E-state index in [1.807, 2.05) is 37.3 Å². The third kappa shape index (κ3) is 3.88. The van der Waals surface area contributed by atoms with Crippen LogP contribution in [-0.2, 0) is 6.42 Å². The number of benzene rings is 1. The quantitative estimate of drug-likeness (QED) is 0.857. The maximum atomic E-state index is 12.0. The molecule has 0 aliphatic heterocycles. The Bertz CT molecular complexity index is 550. The van der Waals surface area contributed by atoms with Gasteiger partial charge in [-0.2, -0.15) is 0 Å². The number of amides is 1. The van der Waals surface area contributed by atoms with E-state index in [0.29, 0.717) is 11.3 Å². The van der Waals surface area contributed by atoms with Crippen LogP contribution in [0, 0.1) is 0 Å². The van der Waals surface area contributed by atoms with Crippen LogP contribution in [0.3, 0.4) is 0 Å². The summed E-state index contributed by atoms with van der Waals surface area (Å²) in [6.45, 7) is 1.88. The van der Waals surface area contributed by atoms with Crippen LogP contribution in [0.15, 0.2) is 36.5 Å². The zero-order valence-corrected chi connectivity index (χ0v) is 12.2. The fourth-order valence-corrected chi connectivity index (χ4v) is 2.66. The molecule has 4 nitrogen and oxygen atoms in total. The molecule has 1 aromatic carbocycles. The minimum Gasteiger partial charge on any atom is -0.394 e.